The Morgan fingerprint density at radius 2 is 1.95 bits per heavy atom. The number of amides is 2. The molecular weight excluding hydrogens is 280 g/mol. The molecule has 3 rings (SSSR count). The number of hydrogen-bond acceptors (Lipinski definition) is 3. The molecule has 6 heteroatoms. The molecule has 1 aromatic rings. The van der Waals surface area contributed by atoms with Crippen LogP contribution in [0.5, 0.6) is 0 Å². The van der Waals surface area contributed by atoms with Crippen molar-refractivity contribution in [3.8, 4) is 0 Å². The first kappa shape index (κ1) is 13.4. The second kappa shape index (κ2) is 5.42. The van der Waals surface area contributed by atoms with Gasteiger partial charge in [0.05, 0.1) is 22.9 Å². The maximum Gasteiger partial charge on any atom is 0.233 e. The van der Waals surface area contributed by atoms with Crippen molar-refractivity contribution < 1.29 is 14.3 Å². The average molecular weight is 295 g/mol. The summed E-state index contributed by atoms with van der Waals surface area (Å²) < 4.78 is 5.59. The van der Waals surface area contributed by atoms with E-state index >= 15 is 0 Å². The second-order valence-corrected chi connectivity index (χ2v) is 5.50. The summed E-state index contributed by atoms with van der Waals surface area (Å²) in [4.78, 5) is 23.0. The van der Waals surface area contributed by atoms with Crippen LogP contribution in [0.4, 0.5) is 11.4 Å². The second-order valence-electron chi connectivity index (χ2n) is 5.03. The van der Waals surface area contributed by atoms with Crippen LogP contribution in [0.3, 0.4) is 0 Å². The van der Waals surface area contributed by atoms with Crippen molar-refractivity contribution in [2.24, 2.45) is 0 Å². The molecule has 1 saturated heterocycles. The van der Waals surface area contributed by atoms with Crippen LogP contribution in [-0.2, 0) is 14.3 Å². The Balaban J connectivity index is 1.88. The van der Waals surface area contributed by atoms with Gasteiger partial charge in [-0.1, -0.05) is 6.07 Å². The summed E-state index contributed by atoms with van der Waals surface area (Å²) in [7, 11) is 0. The van der Waals surface area contributed by atoms with Crippen molar-refractivity contribution in [3.05, 3.63) is 23.8 Å². The van der Waals surface area contributed by atoms with E-state index in [1.54, 1.807) is 12.1 Å². The number of nitrogens with one attached hydrogen (secondary N) is 2. The maximum atomic E-state index is 11.6. The molecule has 5 nitrogen and oxygen atoms in total. The van der Waals surface area contributed by atoms with Gasteiger partial charge in [0.1, 0.15) is 6.42 Å². The van der Waals surface area contributed by atoms with Crippen molar-refractivity contribution in [2.75, 3.05) is 17.2 Å². The smallest absolute Gasteiger partial charge is 0.233 e. The highest BCUT2D eigenvalue weighted by atomic mass is 35.5. The number of anilines is 2. The Morgan fingerprint density at radius 3 is 2.65 bits per heavy atom. The van der Waals surface area contributed by atoms with Crippen LogP contribution in [0.25, 0.3) is 0 Å². The van der Waals surface area contributed by atoms with Gasteiger partial charge in [-0.15, -0.1) is 11.6 Å². The third-order valence-electron chi connectivity index (χ3n) is 3.52. The minimum absolute atomic E-state index is 0.00536. The molecule has 2 aliphatic heterocycles. The number of rotatable bonds is 2. The van der Waals surface area contributed by atoms with E-state index in [0.717, 1.165) is 25.0 Å². The minimum Gasteiger partial charge on any atom is -0.376 e. The molecule has 0 aromatic heterocycles. The van der Waals surface area contributed by atoms with Gasteiger partial charge in [0.2, 0.25) is 11.8 Å². The van der Waals surface area contributed by atoms with E-state index in [-0.39, 0.29) is 29.7 Å². The van der Waals surface area contributed by atoms with E-state index in [9.17, 15) is 9.59 Å². The molecule has 2 aliphatic rings. The zero-order chi connectivity index (χ0) is 14.1. The molecule has 20 heavy (non-hydrogen) atoms. The van der Waals surface area contributed by atoms with Gasteiger partial charge in [-0.2, -0.15) is 0 Å². The lowest BCUT2D eigenvalue weighted by atomic mass is 10.0. The fourth-order valence-electron chi connectivity index (χ4n) is 2.53. The summed E-state index contributed by atoms with van der Waals surface area (Å²) in [5.41, 5.74) is 2.07. The summed E-state index contributed by atoms with van der Waals surface area (Å²) in [6.45, 7) is 0.742. The quantitative estimate of drug-likeness (QED) is 0.650. The van der Waals surface area contributed by atoms with Gasteiger partial charge in [-0.05, 0) is 30.5 Å². The lowest BCUT2D eigenvalue weighted by Gasteiger charge is -2.18. The zero-order valence-electron chi connectivity index (χ0n) is 10.8. The number of hydrogen-bond donors (Lipinski definition) is 2. The first-order chi connectivity index (χ1) is 9.63. The zero-order valence-corrected chi connectivity index (χ0v) is 11.6. The molecule has 0 radical (unpaired) electrons. The van der Waals surface area contributed by atoms with Crippen LogP contribution in [-0.4, -0.2) is 24.5 Å². The van der Waals surface area contributed by atoms with Gasteiger partial charge in [-0.3, -0.25) is 9.59 Å². The Labute approximate surface area is 121 Å². The van der Waals surface area contributed by atoms with E-state index in [2.05, 4.69) is 10.6 Å². The van der Waals surface area contributed by atoms with Crippen molar-refractivity contribution in [2.45, 2.75) is 30.7 Å². The average Bonchev–Trinajstić information content (AvgIpc) is 2.88. The number of benzene rings is 1. The molecule has 2 heterocycles. The highest BCUT2D eigenvalue weighted by molar-refractivity contribution is 6.21. The largest absolute Gasteiger partial charge is 0.376 e. The molecule has 2 unspecified atom stereocenters. The predicted octanol–water partition coefficient (Wildman–Crippen LogP) is 2.43. The summed E-state index contributed by atoms with van der Waals surface area (Å²) in [5.74, 6) is -0.628. The molecule has 0 spiro atoms. The fourth-order valence-corrected chi connectivity index (χ4v) is 2.86. The molecule has 1 fully saturated rings. The van der Waals surface area contributed by atoms with Gasteiger partial charge in [0.15, 0.2) is 0 Å². The Morgan fingerprint density at radius 1 is 1.20 bits per heavy atom. The van der Waals surface area contributed by atoms with E-state index in [4.69, 9.17) is 16.3 Å². The molecule has 2 amide bonds. The monoisotopic (exact) mass is 294 g/mol. The summed E-state index contributed by atoms with van der Waals surface area (Å²) in [6, 6.07) is 5.42. The van der Waals surface area contributed by atoms with Crippen molar-refractivity contribution in [3.63, 3.8) is 0 Å². The van der Waals surface area contributed by atoms with Crippen molar-refractivity contribution >= 4 is 34.8 Å². The van der Waals surface area contributed by atoms with Crippen molar-refractivity contribution in [1.82, 2.24) is 0 Å². The van der Waals surface area contributed by atoms with Gasteiger partial charge in [-0.25, -0.2) is 0 Å². The predicted molar refractivity (Wildman–Crippen MR) is 75.9 cm³/mol. The lowest BCUT2D eigenvalue weighted by Crippen LogP contribution is -2.16. The molecule has 0 aliphatic carbocycles. The SMILES string of the molecule is O=C1CC(=O)Nc2cc(C(Cl)C3CCCO3)ccc2N1. The molecule has 106 valence electrons. The van der Waals surface area contributed by atoms with Gasteiger partial charge in [0, 0.05) is 6.61 Å². The van der Waals surface area contributed by atoms with Crippen LogP contribution in [0, 0.1) is 0 Å². The van der Waals surface area contributed by atoms with Crippen LogP contribution in [0.1, 0.15) is 30.2 Å². The van der Waals surface area contributed by atoms with Gasteiger partial charge >= 0.3 is 0 Å². The van der Waals surface area contributed by atoms with E-state index < -0.39 is 0 Å². The molecule has 2 atom stereocenters. The molecular formula is C14H15ClN2O3. The van der Waals surface area contributed by atoms with E-state index in [0.29, 0.717) is 11.4 Å². The van der Waals surface area contributed by atoms with Crippen LogP contribution in [0.2, 0.25) is 0 Å². The molecule has 0 bridgehead atoms. The standard InChI is InChI=1S/C14H15ClN2O3/c15-14(11-2-1-5-20-11)8-3-4-9-10(6-8)17-13(19)7-12(18)16-9/h3-4,6,11,14H,1-2,5,7H2,(H,16,18)(H,17,19). The molecule has 1 aromatic carbocycles. The maximum absolute atomic E-state index is 11.6. The number of ether oxygens (including phenoxy) is 1. The minimum atomic E-state index is -0.318. The van der Waals surface area contributed by atoms with Crippen LogP contribution >= 0.6 is 11.6 Å². The molecule has 0 saturated carbocycles. The number of fused-ring (bicyclic) bond motifs is 1. The highest BCUT2D eigenvalue weighted by Crippen LogP contribution is 2.36. The van der Waals surface area contributed by atoms with Gasteiger partial charge in [0.25, 0.3) is 0 Å². The first-order valence-corrected chi connectivity index (χ1v) is 7.06. The van der Waals surface area contributed by atoms with Crippen molar-refractivity contribution in [1.29, 1.82) is 0 Å². The van der Waals surface area contributed by atoms with E-state index in [1.165, 1.54) is 0 Å². The topological polar surface area (TPSA) is 67.4 Å². The normalized spacial score (nSPS) is 23.6. The summed E-state index contributed by atoms with van der Waals surface area (Å²) in [5, 5.41) is 5.16. The third-order valence-corrected chi connectivity index (χ3v) is 4.06. The van der Waals surface area contributed by atoms with E-state index in [1.807, 2.05) is 6.07 Å². The number of carbonyl (C=O) groups excluding carboxylic acids is 2. The van der Waals surface area contributed by atoms with Crippen LogP contribution < -0.4 is 10.6 Å². The lowest BCUT2D eigenvalue weighted by molar-refractivity contribution is -0.123. The Hall–Kier alpha value is -1.59. The first-order valence-electron chi connectivity index (χ1n) is 6.63. The fraction of sp³-hybridized carbons (Fsp3) is 0.429. The Bertz CT molecular complexity index is 555. The van der Waals surface area contributed by atoms with Gasteiger partial charge < -0.3 is 15.4 Å². The summed E-state index contributed by atoms with van der Waals surface area (Å²) >= 11 is 6.44. The number of carbonyl (C=O) groups is 2. The molecule has 2 N–H and O–H groups in total. The third kappa shape index (κ3) is 2.64. The number of halogens is 1. The highest BCUT2D eigenvalue weighted by Gasteiger charge is 2.27. The Kier molecular flexibility index (Phi) is 3.63. The summed E-state index contributed by atoms with van der Waals surface area (Å²) in [6.07, 6.45) is 1.80. The van der Waals surface area contributed by atoms with Crippen LogP contribution in [0.15, 0.2) is 18.2 Å². The number of alkyl halides is 1.